The molecule has 3 aromatic rings. The Morgan fingerprint density at radius 3 is 2.74 bits per heavy atom. The van der Waals surface area contributed by atoms with E-state index >= 15 is 0 Å². The number of nitrogens with one attached hydrogen (secondary N) is 2. The molecule has 0 saturated carbocycles. The molecule has 1 aliphatic rings. The molecule has 0 radical (unpaired) electrons. The van der Waals surface area contributed by atoms with E-state index < -0.39 is 11.6 Å². The lowest BCUT2D eigenvalue weighted by Gasteiger charge is -2.32. The zero-order chi connectivity index (χ0) is 21.6. The molecule has 2 N–H and O–H groups in total. The Balaban J connectivity index is 1.21. The van der Waals surface area contributed by atoms with Crippen molar-refractivity contribution in [2.24, 2.45) is 0 Å². The van der Waals surface area contributed by atoms with Crippen molar-refractivity contribution in [3.8, 4) is 5.69 Å². The molecule has 2 aromatic heterocycles. The first kappa shape index (κ1) is 20.9. The lowest BCUT2D eigenvalue weighted by molar-refractivity contribution is 0.185. The van der Waals surface area contributed by atoms with Gasteiger partial charge in [0.25, 0.3) is 0 Å². The summed E-state index contributed by atoms with van der Waals surface area (Å²) >= 11 is 0. The van der Waals surface area contributed by atoms with Crippen LogP contribution in [0.3, 0.4) is 0 Å². The number of carbonyl (C=O) groups excluding carboxylic acids is 1. The van der Waals surface area contributed by atoms with Gasteiger partial charge in [-0.1, -0.05) is 6.07 Å². The van der Waals surface area contributed by atoms with Crippen LogP contribution in [-0.4, -0.2) is 44.8 Å². The fourth-order valence-electron chi connectivity index (χ4n) is 3.63. The van der Waals surface area contributed by atoms with Gasteiger partial charge in [-0.05, 0) is 37.1 Å². The molecule has 162 valence electrons. The third-order valence-corrected chi connectivity index (χ3v) is 5.28. The number of pyridine rings is 1. The second-order valence-electron chi connectivity index (χ2n) is 7.59. The molecule has 0 unspecified atom stereocenters. The van der Waals surface area contributed by atoms with Crippen LogP contribution in [0.1, 0.15) is 24.1 Å². The molecule has 9 heteroatoms. The molecule has 7 nitrogen and oxygen atoms in total. The maximum absolute atomic E-state index is 13.9. The average Bonchev–Trinajstić information content (AvgIpc) is 3.23. The number of hydrogen-bond acceptors (Lipinski definition) is 4. The molecule has 1 fully saturated rings. The smallest absolute Gasteiger partial charge is 0.315 e. The minimum Gasteiger partial charge on any atom is -0.335 e. The SMILES string of the molecule is O=C(NCc1cnn(-c2ccc(F)cc2F)c1)NC1CCN(Cc2ccccn2)CC1. The van der Waals surface area contributed by atoms with Gasteiger partial charge >= 0.3 is 6.03 Å². The summed E-state index contributed by atoms with van der Waals surface area (Å²) in [6.07, 6.45) is 6.70. The van der Waals surface area contributed by atoms with Gasteiger partial charge < -0.3 is 10.6 Å². The van der Waals surface area contributed by atoms with Crippen LogP contribution in [0.2, 0.25) is 0 Å². The van der Waals surface area contributed by atoms with Gasteiger partial charge in [0.15, 0.2) is 5.82 Å². The summed E-state index contributed by atoms with van der Waals surface area (Å²) in [6, 6.07) is 9.09. The molecule has 0 aliphatic carbocycles. The van der Waals surface area contributed by atoms with E-state index in [1.165, 1.54) is 16.8 Å². The van der Waals surface area contributed by atoms with E-state index in [1.807, 2.05) is 18.2 Å². The standard InChI is InChI=1S/C22H24F2N6O/c23-17-4-5-21(20(24)11-17)30-14-16(13-27-30)12-26-22(31)28-18-6-9-29(10-7-18)15-19-3-1-2-8-25-19/h1-5,8,11,13-14,18H,6-7,9-10,12,15H2,(H2,26,28,31). The summed E-state index contributed by atoms with van der Waals surface area (Å²) in [6.45, 7) is 2.88. The molecular formula is C22H24F2N6O. The summed E-state index contributed by atoms with van der Waals surface area (Å²) in [5.41, 5.74) is 1.91. The van der Waals surface area contributed by atoms with Crippen LogP contribution in [-0.2, 0) is 13.1 Å². The van der Waals surface area contributed by atoms with Crippen LogP contribution < -0.4 is 10.6 Å². The van der Waals surface area contributed by atoms with Crippen molar-refractivity contribution in [1.82, 2.24) is 30.3 Å². The lowest BCUT2D eigenvalue weighted by Crippen LogP contribution is -2.47. The van der Waals surface area contributed by atoms with Gasteiger partial charge in [0.2, 0.25) is 0 Å². The summed E-state index contributed by atoms with van der Waals surface area (Å²) in [5.74, 6) is -1.34. The first-order valence-corrected chi connectivity index (χ1v) is 10.2. The van der Waals surface area contributed by atoms with Crippen LogP contribution in [0.25, 0.3) is 5.69 Å². The predicted octanol–water partition coefficient (Wildman–Crippen LogP) is 3.01. The van der Waals surface area contributed by atoms with E-state index in [0.29, 0.717) is 5.56 Å². The van der Waals surface area contributed by atoms with Gasteiger partial charge in [-0.25, -0.2) is 18.3 Å². The van der Waals surface area contributed by atoms with Crippen molar-refractivity contribution in [3.05, 3.63) is 77.9 Å². The average molecular weight is 426 g/mol. The normalized spacial score (nSPS) is 15.0. The van der Waals surface area contributed by atoms with E-state index in [0.717, 1.165) is 44.2 Å². The number of hydrogen-bond donors (Lipinski definition) is 2. The fraction of sp³-hybridized carbons (Fsp3) is 0.318. The molecule has 1 aromatic carbocycles. The topological polar surface area (TPSA) is 75.1 Å². The van der Waals surface area contributed by atoms with Crippen molar-refractivity contribution in [2.45, 2.75) is 32.0 Å². The van der Waals surface area contributed by atoms with Crippen LogP contribution in [0.15, 0.2) is 55.0 Å². The highest BCUT2D eigenvalue weighted by atomic mass is 19.1. The van der Waals surface area contributed by atoms with Crippen LogP contribution in [0.5, 0.6) is 0 Å². The van der Waals surface area contributed by atoms with Crippen molar-refractivity contribution in [1.29, 1.82) is 0 Å². The monoisotopic (exact) mass is 426 g/mol. The van der Waals surface area contributed by atoms with Crippen LogP contribution in [0.4, 0.5) is 13.6 Å². The Morgan fingerprint density at radius 1 is 1.16 bits per heavy atom. The molecule has 4 rings (SSSR count). The van der Waals surface area contributed by atoms with Gasteiger partial charge in [-0.3, -0.25) is 9.88 Å². The second kappa shape index (κ2) is 9.65. The highest BCUT2D eigenvalue weighted by Gasteiger charge is 2.21. The first-order valence-electron chi connectivity index (χ1n) is 10.2. The molecule has 31 heavy (non-hydrogen) atoms. The van der Waals surface area contributed by atoms with Crippen LogP contribution >= 0.6 is 0 Å². The number of urea groups is 1. The maximum atomic E-state index is 13.9. The first-order chi connectivity index (χ1) is 15.1. The highest BCUT2D eigenvalue weighted by molar-refractivity contribution is 5.74. The summed E-state index contributed by atoms with van der Waals surface area (Å²) < 4.78 is 28.3. The van der Waals surface area contributed by atoms with Gasteiger partial charge in [-0.2, -0.15) is 5.10 Å². The van der Waals surface area contributed by atoms with E-state index in [9.17, 15) is 13.6 Å². The molecule has 3 heterocycles. The Kier molecular flexibility index (Phi) is 6.51. The Bertz CT molecular complexity index is 1020. The quantitative estimate of drug-likeness (QED) is 0.636. The van der Waals surface area contributed by atoms with Gasteiger partial charge in [-0.15, -0.1) is 0 Å². The number of halogens is 2. The number of nitrogens with zero attached hydrogens (tertiary/aromatic N) is 4. The molecular weight excluding hydrogens is 402 g/mol. The molecule has 1 aliphatic heterocycles. The van der Waals surface area contributed by atoms with E-state index in [1.54, 1.807) is 18.6 Å². The number of amides is 2. The lowest BCUT2D eigenvalue weighted by atomic mass is 10.1. The van der Waals surface area contributed by atoms with Crippen LogP contribution in [0, 0.1) is 11.6 Å². The molecule has 2 amide bonds. The number of benzene rings is 1. The van der Waals surface area contributed by atoms with Gasteiger partial charge in [0.1, 0.15) is 11.5 Å². The Hall–Kier alpha value is -3.33. The largest absolute Gasteiger partial charge is 0.335 e. The Morgan fingerprint density at radius 2 is 2.00 bits per heavy atom. The molecule has 0 bridgehead atoms. The number of aromatic nitrogens is 3. The van der Waals surface area contributed by atoms with Crippen molar-refractivity contribution < 1.29 is 13.6 Å². The minimum atomic E-state index is -0.699. The molecule has 1 saturated heterocycles. The zero-order valence-corrected chi connectivity index (χ0v) is 17.0. The van der Waals surface area contributed by atoms with E-state index in [-0.39, 0.29) is 24.3 Å². The van der Waals surface area contributed by atoms with Crippen molar-refractivity contribution in [2.75, 3.05) is 13.1 Å². The molecule has 0 spiro atoms. The molecule has 0 atom stereocenters. The second-order valence-corrected chi connectivity index (χ2v) is 7.59. The zero-order valence-electron chi connectivity index (χ0n) is 17.0. The highest BCUT2D eigenvalue weighted by Crippen LogP contribution is 2.15. The predicted molar refractivity (Wildman–Crippen MR) is 111 cm³/mol. The third kappa shape index (κ3) is 5.64. The van der Waals surface area contributed by atoms with Gasteiger partial charge in [0.05, 0.1) is 11.9 Å². The fourth-order valence-corrected chi connectivity index (χ4v) is 3.63. The Labute approximate surface area is 179 Å². The third-order valence-electron chi connectivity index (χ3n) is 5.28. The van der Waals surface area contributed by atoms with Crippen molar-refractivity contribution in [3.63, 3.8) is 0 Å². The summed E-state index contributed by atoms with van der Waals surface area (Å²) in [4.78, 5) is 18.9. The van der Waals surface area contributed by atoms with Gasteiger partial charge in [0, 0.05) is 56.2 Å². The number of piperidine rings is 1. The summed E-state index contributed by atoms with van der Waals surface area (Å²) in [7, 11) is 0. The van der Waals surface area contributed by atoms with E-state index in [4.69, 9.17) is 0 Å². The maximum Gasteiger partial charge on any atom is 0.315 e. The minimum absolute atomic E-state index is 0.121. The number of likely N-dealkylation sites (tertiary alicyclic amines) is 1. The summed E-state index contributed by atoms with van der Waals surface area (Å²) in [5, 5.41) is 9.90. The van der Waals surface area contributed by atoms with Crippen molar-refractivity contribution >= 4 is 6.03 Å². The number of carbonyl (C=O) groups is 1. The van der Waals surface area contributed by atoms with E-state index in [2.05, 4.69) is 25.6 Å². The number of rotatable bonds is 6.